The fourth-order valence-electron chi connectivity index (χ4n) is 3.01. The van der Waals surface area contributed by atoms with Crippen molar-refractivity contribution < 1.29 is 13.2 Å². The van der Waals surface area contributed by atoms with Gasteiger partial charge in [0.1, 0.15) is 11.1 Å². The molecular formula is C19H21N3O3S2. The molecule has 2 aromatic rings. The molecule has 6 nitrogen and oxygen atoms in total. The van der Waals surface area contributed by atoms with Crippen molar-refractivity contribution in [1.82, 2.24) is 4.31 Å². The first-order chi connectivity index (χ1) is 12.8. The molecule has 0 aliphatic heterocycles. The number of nitrogens with zero attached hydrogens (tertiary/aromatic N) is 2. The van der Waals surface area contributed by atoms with Crippen LogP contribution in [0.2, 0.25) is 0 Å². The Balaban J connectivity index is 1.81. The lowest BCUT2D eigenvalue weighted by Gasteiger charge is -2.21. The molecule has 3 rings (SSSR count). The van der Waals surface area contributed by atoms with Gasteiger partial charge >= 0.3 is 0 Å². The molecule has 8 heteroatoms. The average molecular weight is 404 g/mol. The van der Waals surface area contributed by atoms with Gasteiger partial charge in [0.25, 0.3) is 5.91 Å². The Kier molecular flexibility index (Phi) is 5.38. The quantitative estimate of drug-likeness (QED) is 0.828. The van der Waals surface area contributed by atoms with Crippen LogP contribution in [0, 0.1) is 11.3 Å². The van der Waals surface area contributed by atoms with E-state index in [0.29, 0.717) is 16.1 Å². The SMILES string of the molecule is CC(C)N(C)S(=O)(=O)c1ccc(C(=O)Nc2sc3c(c2C#N)CCC3)cc1. The molecule has 142 valence electrons. The smallest absolute Gasteiger partial charge is 0.256 e. The number of sulfonamides is 1. The molecule has 0 fully saturated rings. The number of hydrogen-bond acceptors (Lipinski definition) is 5. The zero-order valence-corrected chi connectivity index (χ0v) is 17.1. The van der Waals surface area contributed by atoms with Crippen molar-refractivity contribution in [3.05, 3.63) is 45.8 Å². The molecule has 0 radical (unpaired) electrons. The number of hydrogen-bond donors (Lipinski definition) is 1. The van der Waals surface area contributed by atoms with Gasteiger partial charge in [-0.05, 0) is 62.9 Å². The molecule has 0 unspecified atom stereocenters. The third-order valence-corrected chi connectivity index (χ3v) is 8.04. The van der Waals surface area contributed by atoms with Crippen LogP contribution in [0.5, 0.6) is 0 Å². The summed E-state index contributed by atoms with van der Waals surface area (Å²) in [5.74, 6) is -0.354. The Morgan fingerprint density at radius 3 is 2.52 bits per heavy atom. The number of anilines is 1. The van der Waals surface area contributed by atoms with Gasteiger partial charge in [0.2, 0.25) is 10.0 Å². The standard InChI is InChI=1S/C19H21N3O3S2/c1-12(2)22(3)27(24,25)14-9-7-13(8-10-14)18(23)21-19-16(11-20)15-5-4-6-17(15)26-19/h7-10,12H,4-6H2,1-3H3,(H,21,23). The highest BCUT2D eigenvalue weighted by molar-refractivity contribution is 7.89. The number of carbonyl (C=O) groups is 1. The fourth-order valence-corrected chi connectivity index (χ4v) is 5.61. The topological polar surface area (TPSA) is 90.3 Å². The maximum Gasteiger partial charge on any atom is 0.256 e. The number of amides is 1. The predicted octanol–water partition coefficient (Wildman–Crippen LogP) is 3.39. The molecule has 1 aliphatic carbocycles. The largest absolute Gasteiger partial charge is 0.312 e. The summed E-state index contributed by atoms with van der Waals surface area (Å²) < 4.78 is 26.3. The van der Waals surface area contributed by atoms with Crippen LogP contribution < -0.4 is 5.32 Å². The molecular weight excluding hydrogens is 382 g/mol. The first kappa shape index (κ1) is 19.5. The van der Waals surface area contributed by atoms with Crippen LogP contribution in [0.15, 0.2) is 29.2 Å². The first-order valence-electron chi connectivity index (χ1n) is 8.69. The van der Waals surface area contributed by atoms with Gasteiger partial charge < -0.3 is 5.32 Å². The second-order valence-electron chi connectivity index (χ2n) is 6.77. The number of nitrogens with one attached hydrogen (secondary N) is 1. The summed E-state index contributed by atoms with van der Waals surface area (Å²) in [5, 5.41) is 12.8. The van der Waals surface area contributed by atoms with Crippen molar-refractivity contribution >= 4 is 32.3 Å². The summed E-state index contributed by atoms with van der Waals surface area (Å²) >= 11 is 1.45. The number of nitriles is 1. The number of benzene rings is 1. The maximum atomic E-state index is 12.5. The zero-order valence-electron chi connectivity index (χ0n) is 15.4. The van der Waals surface area contributed by atoms with Gasteiger partial charge in [-0.3, -0.25) is 4.79 Å². The Hall–Kier alpha value is -2.21. The van der Waals surface area contributed by atoms with Gasteiger partial charge in [0.15, 0.2) is 0 Å². The number of carbonyl (C=O) groups excluding carboxylic acids is 1. The molecule has 27 heavy (non-hydrogen) atoms. The minimum atomic E-state index is -3.59. The molecule has 0 saturated heterocycles. The lowest BCUT2D eigenvalue weighted by Crippen LogP contribution is -2.33. The first-order valence-corrected chi connectivity index (χ1v) is 11.0. The highest BCUT2D eigenvalue weighted by Crippen LogP contribution is 2.38. The minimum absolute atomic E-state index is 0.142. The summed E-state index contributed by atoms with van der Waals surface area (Å²) in [6, 6.07) is 7.88. The van der Waals surface area contributed by atoms with Crippen molar-refractivity contribution in [3.8, 4) is 6.07 Å². The molecule has 1 aromatic carbocycles. The molecule has 0 bridgehead atoms. The van der Waals surface area contributed by atoms with Crippen LogP contribution in [0.1, 0.15) is 46.6 Å². The summed E-state index contributed by atoms with van der Waals surface area (Å²) in [6.45, 7) is 3.59. The highest BCUT2D eigenvalue weighted by Gasteiger charge is 2.25. The van der Waals surface area contributed by atoms with Crippen LogP contribution in [0.3, 0.4) is 0 Å². The molecule has 1 amide bonds. The van der Waals surface area contributed by atoms with Gasteiger partial charge in [0.05, 0.1) is 10.5 Å². The third-order valence-electron chi connectivity index (χ3n) is 4.78. The van der Waals surface area contributed by atoms with E-state index in [4.69, 9.17) is 0 Å². The monoisotopic (exact) mass is 403 g/mol. The Morgan fingerprint density at radius 1 is 1.26 bits per heavy atom. The van der Waals surface area contributed by atoms with Crippen LogP contribution in [-0.4, -0.2) is 31.7 Å². The number of aryl methyl sites for hydroxylation is 1. The van der Waals surface area contributed by atoms with Crippen LogP contribution in [-0.2, 0) is 22.9 Å². The van der Waals surface area contributed by atoms with E-state index in [-0.39, 0.29) is 16.8 Å². The Morgan fingerprint density at radius 2 is 1.93 bits per heavy atom. The number of fused-ring (bicyclic) bond motifs is 1. The van der Waals surface area contributed by atoms with Crippen molar-refractivity contribution in [2.75, 3.05) is 12.4 Å². The third kappa shape index (κ3) is 3.63. The lowest BCUT2D eigenvalue weighted by atomic mass is 10.1. The zero-order chi connectivity index (χ0) is 19.8. The summed E-state index contributed by atoms with van der Waals surface area (Å²) in [7, 11) is -2.06. The Labute approximate surface area is 163 Å². The van der Waals surface area contributed by atoms with Crippen molar-refractivity contribution in [1.29, 1.82) is 5.26 Å². The molecule has 1 aliphatic rings. The van der Waals surface area contributed by atoms with E-state index in [0.717, 1.165) is 24.8 Å². The summed E-state index contributed by atoms with van der Waals surface area (Å²) in [5.41, 5.74) is 1.95. The van der Waals surface area contributed by atoms with Crippen molar-refractivity contribution in [2.24, 2.45) is 0 Å². The summed E-state index contributed by atoms with van der Waals surface area (Å²) in [4.78, 5) is 13.8. The average Bonchev–Trinajstić information content (AvgIpc) is 3.21. The van der Waals surface area contributed by atoms with Crippen molar-refractivity contribution in [2.45, 2.75) is 44.0 Å². The Bertz CT molecular complexity index is 1020. The molecule has 0 spiro atoms. The fraction of sp³-hybridized carbons (Fsp3) is 0.368. The van der Waals surface area contributed by atoms with Gasteiger partial charge in [-0.25, -0.2) is 8.42 Å². The lowest BCUT2D eigenvalue weighted by molar-refractivity contribution is 0.102. The van der Waals surface area contributed by atoms with E-state index >= 15 is 0 Å². The van der Waals surface area contributed by atoms with Crippen LogP contribution in [0.4, 0.5) is 5.00 Å². The van der Waals surface area contributed by atoms with Gasteiger partial charge in [-0.2, -0.15) is 9.57 Å². The molecule has 0 saturated carbocycles. The second kappa shape index (κ2) is 7.43. The molecule has 1 N–H and O–H groups in total. The molecule has 1 heterocycles. The number of thiophene rings is 1. The van der Waals surface area contributed by atoms with Crippen LogP contribution >= 0.6 is 11.3 Å². The molecule has 1 aromatic heterocycles. The van der Waals surface area contributed by atoms with E-state index in [1.54, 1.807) is 13.8 Å². The number of rotatable bonds is 5. The highest BCUT2D eigenvalue weighted by atomic mass is 32.2. The van der Waals surface area contributed by atoms with Crippen molar-refractivity contribution in [3.63, 3.8) is 0 Å². The summed E-state index contributed by atoms with van der Waals surface area (Å²) in [6.07, 6.45) is 2.87. The van der Waals surface area contributed by atoms with Gasteiger partial charge in [0, 0.05) is 23.5 Å². The van der Waals surface area contributed by atoms with Gasteiger partial charge in [-0.1, -0.05) is 0 Å². The van der Waals surface area contributed by atoms with E-state index in [1.807, 2.05) is 0 Å². The van der Waals surface area contributed by atoms with E-state index in [2.05, 4.69) is 11.4 Å². The second-order valence-corrected chi connectivity index (χ2v) is 9.87. The van der Waals surface area contributed by atoms with E-state index < -0.39 is 10.0 Å². The van der Waals surface area contributed by atoms with Gasteiger partial charge in [-0.15, -0.1) is 11.3 Å². The molecule has 0 atom stereocenters. The van der Waals surface area contributed by atoms with E-state index in [9.17, 15) is 18.5 Å². The van der Waals surface area contributed by atoms with Crippen LogP contribution in [0.25, 0.3) is 0 Å². The van der Waals surface area contributed by atoms with E-state index in [1.165, 1.54) is 51.8 Å². The predicted molar refractivity (Wildman–Crippen MR) is 106 cm³/mol. The maximum absolute atomic E-state index is 12.5. The minimum Gasteiger partial charge on any atom is -0.312 e. The normalized spacial score (nSPS) is 13.6.